The van der Waals surface area contributed by atoms with Crippen LogP contribution in [0.4, 0.5) is 0 Å². The molecule has 1 unspecified atom stereocenters. The van der Waals surface area contributed by atoms with E-state index in [0.717, 1.165) is 15.8 Å². The van der Waals surface area contributed by atoms with E-state index in [4.69, 9.17) is 4.74 Å². The molecule has 0 saturated heterocycles. The van der Waals surface area contributed by atoms with Gasteiger partial charge < -0.3 is 10.1 Å². The van der Waals surface area contributed by atoms with E-state index in [1.807, 2.05) is 19.2 Å². The fraction of sp³-hybridized carbons (Fsp3) is 0.286. The Kier molecular flexibility index (Phi) is 4.43. The van der Waals surface area contributed by atoms with Crippen molar-refractivity contribution in [3.63, 3.8) is 0 Å². The van der Waals surface area contributed by atoms with Crippen molar-refractivity contribution in [3.05, 3.63) is 50.1 Å². The van der Waals surface area contributed by atoms with Gasteiger partial charge in [-0.2, -0.15) is 0 Å². The lowest BCUT2D eigenvalue weighted by Gasteiger charge is -2.20. The summed E-state index contributed by atoms with van der Waals surface area (Å²) in [6.45, 7) is 2.15. The molecular weight excluding hydrogens is 310 g/mol. The van der Waals surface area contributed by atoms with Gasteiger partial charge in [-0.25, -0.2) is 0 Å². The Morgan fingerprint density at radius 2 is 2.06 bits per heavy atom. The van der Waals surface area contributed by atoms with E-state index in [0.29, 0.717) is 0 Å². The first-order chi connectivity index (χ1) is 8.67. The number of methoxy groups -OCH3 is 1. The molecule has 2 aromatic rings. The molecule has 0 bridgehead atoms. The fourth-order valence-electron chi connectivity index (χ4n) is 2.10. The van der Waals surface area contributed by atoms with Crippen LogP contribution in [0, 0.1) is 6.92 Å². The molecule has 2 rings (SSSR count). The van der Waals surface area contributed by atoms with Gasteiger partial charge in [-0.05, 0) is 43.1 Å². The molecule has 1 N–H and O–H groups in total. The zero-order valence-corrected chi connectivity index (χ0v) is 13.1. The minimum Gasteiger partial charge on any atom is -0.496 e. The van der Waals surface area contributed by atoms with Crippen molar-refractivity contribution in [2.75, 3.05) is 14.2 Å². The minimum atomic E-state index is 0.166. The summed E-state index contributed by atoms with van der Waals surface area (Å²) >= 11 is 5.24. The lowest BCUT2D eigenvalue weighted by atomic mass is 9.99. The van der Waals surface area contributed by atoms with E-state index in [9.17, 15) is 0 Å². The quantitative estimate of drug-likeness (QED) is 0.912. The monoisotopic (exact) mass is 325 g/mol. The molecular formula is C14H16BrNOS. The first-order valence-corrected chi connectivity index (χ1v) is 7.39. The summed E-state index contributed by atoms with van der Waals surface area (Å²) in [6, 6.07) is 8.48. The fourth-order valence-corrected chi connectivity index (χ4v) is 3.18. The molecule has 0 spiro atoms. The highest BCUT2D eigenvalue weighted by Crippen LogP contribution is 2.34. The molecule has 0 radical (unpaired) electrons. The first-order valence-electron chi connectivity index (χ1n) is 5.72. The molecule has 1 aromatic heterocycles. The highest BCUT2D eigenvalue weighted by molar-refractivity contribution is 9.10. The summed E-state index contributed by atoms with van der Waals surface area (Å²) in [5.74, 6) is 0.898. The van der Waals surface area contributed by atoms with Crippen molar-refractivity contribution in [1.29, 1.82) is 0 Å². The van der Waals surface area contributed by atoms with Crippen LogP contribution in [0.5, 0.6) is 5.75 Å². The molecule has 0 saturated carbocycles. The number of ether oxygens (including phenoxy) is 1. The Balaban J connectivity index is 2.48. The number of nitrogens with one attached hydrogen (secondary N) is 1. The number of hydrogen-bond acceptors (Lipinski definition) is 3. The van der Waals surface area contributed by atoms with Crippen LogP contribution in [0.3, 0.4) is 0 Å². The third kappa shape index (κ3) is 2.60. The summed E-state index contributed by atoms with van der Waals surface area (Å²) in [5.41, 5.74) is 2.47. The predicted molar refractivity (Wildman–Crippen MR) is 80.7 cm³/mol. The van der Waals surface area contributed by atoms with Gasteiger partial charge in [-0.3, -0.25) is 0 Å². The van der Waals surface area contributed by atoms with Gasteiger partial charge >= 0.3 is 0 Å². The molecule has 1 atom stereocenters. The van der Waals surface area contributed by atoms with Crippen molar-refractivity contribution in [1.82, 2.24) is 5.32 Å². The smallest absolute Gasteiger partial charge is 0.125 e. The summed E-state index contributed by atoms with van der Waals surface area (Å²) in [6.07, 6.45) is 0. The molecule has 96 valence electrons. The Morgan fingerprint density at radius 3 is 2.61 bits per heavy atom. The van der Waals surface area contributed by atoms with Crippen LogP contribution in [0.1, 0.15) is 22.0 Å². The zero-order chi connectivity index (χ0) is 13.1. The van der Waals surface area contributed by atoms with Crippen molar-refractivity contribution < 1.29 is 4.74 Å². The van der Waals surface area contributed by atoms with E-state index in [-0.39, 0.29) is 6.04 Å². The largest absolute Gasteiger partial charge is 0.496 e. The van der Waals surface area contributed by atoms with Gasteiger partial charge in [0.05, 0.1) is 13.2 Å². The van der Waals surface area contributed by atoms with Gasteiger partial charge in [-0.1, -0.05) is 22.0 Å². The molecule has 0 amide bonds. The second-order valence-corrected chi connectivity index (χ2v) is 6.08. The zero-order valence-electron chi connectivity index (χ0n) is 10.7. The van der Waals surface area contributed by atoms with E-state index in [1.54, 1.807) is 18.4 Å². The standard InChI is InChI=1S/C14H16BrNOS/c1-9-11(6-7-18-9)14(16-2)12-5-4-10(15)8-13(12)17-3/h4-8,14,16H,1-3H3. The number of rotatable bonds is 4. The molecule has 2 nitrogen and oxygen atoms in total. The second kappa shape index (κ2) is 5.87. The van der Waals surface area contributed by atoms with Crippen LogP contribution >= 0.6 is 27.3 Å². The number of hydrogen-bond donors (Lipinski definition) is 1. The third-order valence-corrected chi connectivity index (χ3v) is 4.36. The van der Waals surface area contributed by atoms with Crippen LogP contribution in [-0.2, 0) is 0 Å². The maximum Gasteiger partial charge on any atom is 0.125 e. The molecule has 0 aliphatic rings. The van der Waals surface area contributed by atoms with Crippen LogP contribution in [0.25, 0.3) is 0 Å². The molecule has 0 aliphatic carbocycles. The van der Waals surface area contributed by atoms with Crippen LogP contribution in [-0.4, -0.2) is 14.2 Å². The SMILES string of the molecule is CNC(c1ccc(Br)cc1OC)c1ccsc1C. The van der Waals surface area contributed by atoms with Gasteiger partial charge in [0.25, 0.3) is 0 Å². The lowest BCUT2D eigenvalue weighted by Crippen LogP contribution is -2.18. The van der Waals surface area contributed by atoms with Gasteiger partial charge in [-0.15, -0.1) is 11.3 Å². The maximum absolute atomic E-state index is 5.48. The highest BCUT2D eigenvalue weighted by atomic mass is 79.9. The van der Waals surface area contributed by atoms with Crippen LogP contribution in [0.2, 0.25) is 0 Å². The molecule has 18 heavy (non-hydrogen) atoms. The normalized spacial score (nSPS) is 12.4. The van der Waals surface area contributed by atoms with Gasteiger partial charge in [0.2, 0.25) is 0 Å². The maximum atomic E-state index is 5.48. The number of thiophene rings is 1. The Morgan fingerprint density at radius 1 is 1.28 bits per heavy atom. The van der Waals surface area contributed by atoms with E-state index in [2.05, 4.69) is 45.7 Å². The van der Waals surface area contributed by atoms with E-state index in [1.165, 1.54) is 10.4 Å². The number of benzene rings is 1. The first kappa shape index (κ1) is 13.6. The summed E-state index contributed by atoms with van der Waals surface area (Å²) in [7, 11) is 3.68. The van der Waals surface area contributed by atoms with Gasteiger partial charge in [0.15, 0.2) is 0 Å². The van der Waals surface area contributed by atoms with Crippen molar-refractivity contribution >= 4 is 27.3 Å². The average Bonchev–Trinajstić information content (AvgIpc) is 2.78. The summed E-state index contributed by atoms with van der Waals surface area (Å²) in [4.78, 5) is 1.33. The van der Waals surface area contributed by atoms with Crippen molar-refractivity contribution in [2.45, 2.75) is 13.0 Å². The second-order valence-electron chi connectivity index (χ2n) is 4.04. The Hall–Kier alpha value is -0.840. The number of halogens is 1. The average molecular weight is 326 g/mol. The minimum absolute atomic E-state index is 0.166. The summed E-state index contributed by atoms with van der Waals surface area (Å²) < 4.78 is 6.51. The molecule has 0 fully saturated rings. The van der Waals surface area contributed by atoms with Gasteiger partial charge in [0.1, 0.15) is 5.75 Å². The third-order valence-electron chi connectivity index (χ3n) is 3.01. The van der Waals surface area contributed by atoms with Crippen LogP contribution < -0.4 is 10.1 Å². The van der Waals surface area contributed by atoms with Crippen LogP contribution in [0.15, 0.2) is 34.1 Å². The van der Waals surface area contributed by atoms with Crippen molar-refractivity contribution in [3.8, 4) is 5.75 Å². The van der Waals surface area contributed by atoms with E-state index >= 15 is 0 Å². The van der Waals surface area contributed by atoms with E-state index < -0.39 is 0 Å². The molecule has 0 aliphatic heterocycles. The summed E-state index contributed by atoms with van der Waals surface area (Å²) in [5, 5.41) is 5.49. The molecule has 1 aromatic carbocycles. The Bertz CT molecular complexity index is 538. The topological polar surface area (TPSA) is 21.3 Å². The molecule has 1 heterocycles. The lowest BCUT2D eigenvalue weighted by molar-refractivity contribution is 0.405. The Labute approximate surface area is 120 Å². The van der Waals surface area contributed by atoms with Crippen molar-refractivity contribution in [2.24, 2.45) is 0 Å². The number of aryl methyl sites for hydroxylation is 1. The van der Waals surface area contributed by atoms with Gasteiger partial charge in [0, 0.05) is 14.9 Å². The highest BCUT2D eigenvalue weighted by Gasteiger charge is 2.19. The molecule has 4 heteroatoms. The predicted octanol–water partition coefficient (Wildman–Crippen LogP) is 4.14.